The van der Waals surface area contributed by atoms with E-state index >= 15 is 0 Å². The number of urea groups is 1. The van der Waals surface area contributed by atoms with Crippen molar-refractivity contribution in [1.29, 1.82) is 0 Å². The Kier molecular flexibility index (Phi) is 5.63. The second-order valence-corrected chi connectivity index (χ2v) is 7.33. The molecule has 4 rings (SSSR count). The van der Waals surface area contributed by atoms with Gasteiger partial charge in [0.2, 0.25) is 0 Å². The van der Waals surface area contributed by atoms with E-state index in [0.717, 1.165) is 34.2 Å². The second kappa shape index (κ2) is 8.67. The van der Waals surface area contributed by atoms with Crippen LogP contribution in [0.5, 0.6) is 0 Å². The summed E-state index contributed by atoms with van der Waals surface area (Å²) in [7, 11) is 0. The lowest BCUT2D eigenvalue weighted by Gasteiger charge is -2.07. The highest BCUT2D eigenvalue weighted by Gasteiger charge is 2.15. The maximum Gasteiger partial charge on any atom is 0.332 e. The van der Waals surface area contributed by atoms with Crippen molar-refractivity contribution in [3.8, 4) is 0 Å². The van der Waals surface area contributed by atoms with E-state index < -0.39 is 11.9 Å². The molecule has 0 aliphatic heterocycles. The molecule has 0 aliphatic rings. The van der Waals surface area contributed by atoms with Gasteiger partial charge in [-0.15, -0.1) is 0 Å². The van der Waals surface area contributed by atoms with Gasteiger partial charge in [-0.2, -0.15) is 0 Å². The number of imide groups is 1. The van der Waals surface area contributed by atoms with Crippen molar-refractivity contribution in [2.24, 2.45) is 0 Å². The van der Waals surface area contributed by atoms with Gasteiger partial charge in [0.1, 0.15) is 5.58 Å². The molecular weight excluding hydrogens is 384 g/mol. The van der Waals surface area contributed by atoms with E-state index in [9.17, 15) is 9.59 Å². The standard InChI is InChI=1S/C23H18N2O3S/c26-22(21-15-18-10-4-5-12-20(18)28-21)24-23(27)25-29-19-11-6-9-17(14-19)13-16-7-2-1-3-8-16/h1-12,14-15H,13H2,(H2,24,25,26,27). The topological polar surface area (TPSA) is 71.3 Å². The molecular formula is C23H18N2O3S. The van der Waals surface area contributed by atoms with Gasteiger partial charge in [-0.1, -0.05) is 60.7 Å². The van der Waals surface area contributed by atoms with Gasteiger partial charge in [0, 0.05) is 10.3 Å². The highest BCUT2D eigenvalue weighted by Crippen LogP contribution is 2.20. The number of carbonyl (C=O) groups is 2. The van der Waals surface area contributed by atoms with Crippen LogP contribution in [0.2, 0.25) is 0 Å². The zero-order chi connectivity index (χ0) is 20.1. The van der Waals surface area contributed by atoms with Gasteiger partial charge in [-0.05, 0) is 53.8 Å². The molecule has 0 atom stereocenters. The number of amides is 3. The molecule has 0 radical (unpaired) electrons. The zero-order valence-electron chi connectivity index (χ0n) is 15.4. The van der Waals surface area contributed by atoms with Gasteiger partial charge >= 0.3 is 6.03 Å². The first-order valence-corrected chi connectivity index (χ1v) is 9.89. The van der Waals surface area contributed by atoms with Crippen LogP contribution in [0.25, 0.3) is 11.0 Å². The van der Waals surface area contributed by atoms with Crippen molar-refractivity contribution in [2.75, 3.05) is 0 Å². The van der Waals surface area contributed by atoms with Gasteiger partial charge in [0.15, 0.2) is 5.76 Å². The largest absolute Gasteiger partial charge is 0.451 e. The summed E-state index contributed by atoms with van der Waals surface area (Å²) in [4.78, 5) is 25.2. The Bertz CT molecular complexity index is 1120. The van der Waals surface area contributed by atoms with E-state index in [1.165, 1.54) is 5.56 Å². The summed E-state index contributed by atoms with van der Waals surface area (Å²) in [6, 6.07) is 26.4. The predicted molar refractivity (Wildman–Crippen MR) is 114 cm³/mol. The van der Waals surface area contributed by atoms with Crippen LogP contribution in [0.15, 0.2) is 94.2 Å². The molecule has 0 unspecified atom stereocenters. The monoisotopic (exact) mass is 402 g/mol. The van der Waals surface area contributed by atoms with Crippen molar-refractivity contribution in [3.63, 3.8) is 0 Å². The molecule has 5 nitrogen and oxygen atoms in total. The summed E-state index contributed by atoms with van der Waals surface area (Å²) in [5.41, 5.74) is 2.96. The molecule has 0 bridgehead atoms. The minimum absolute atomic E-state index is 0.0937. The molecule has 0 saturated heterocycles. The molecule has 0 spiro atoms. The van der Waals surface area contributed by atoms with E-state index in [1.54, 1.807) is 12.1 Å². The molecule has 29 heavy (non-hydrogen) atoms. The van der Waals surface area contributed by atoms with Gasteiger partial charge < -0.3 is 4.42 Å². The quantitative estimate of drug-likeness (QED) is 0.452. The van der Waals surface area contributed by atoms with Crippen LogP contribution in [0.3, 0.4) is 0 Å². The smallest absolute Gasteiger partial charge is 0.332 e. The average Bonchev–Trinajstić information content (AvgIpc) is 3.18. The van der Waals surface area contributed by atoms with E-state index in [4.69, 9.17) is 4.42 Å². The number of carbonyl (C=O) groups excluding carboxylic acids is 2. The van der Waals surface area contributed by atoms with Crippen molar-refractivity contribution >= 4 is 34.9 Å². The lowest BCUT2D eigenvalue weighted by Crippen LogP contribution is -2.36. The Morgan fingerprint density at radius 3 is 2.41 bits per heavy atom. The van der Waals surface area contributed by atoms with Crippen LogP contribution in [-0.2, 0) is 6.42 Å². The Balaban J connectivity index is 1.33. The first kappa shape index (κ1) is 18.8. The Labute approximate surface area is 172 Å². The normalized spacial score (nSPS) is 10.6. The maximum atomic E-state index is 12.2. The minimum Gasteiger partial charge on any atom is -0.451 e. The maximum absolute atomic E-state index is 12.2. The van der Waals surface area contributed by atoms with Crippen molar-refractivity contribution in [2.45, 2.75) is 11.3 Å². The number of para-hydroxylation sites is 1. The van der Waals surface area contributed by atoms with Gasteiger partial charge in [-0.25, -0.2) is 4.79 Å². The lowest BCUT2D eigenvalue weighted by atomic mass is 10.1. The number of benzene rings is 3. The molecule has 2 N–H and O–H groups in total. The highest BCUT2D eigenvalue weighted by molar-refractivity contribution is 7.98. The number of rotatable bonds is 5. The van der Waals surface area contributed by atoms with E-state index in [1.807, 2.05) is 60.7 Å². The van der Waals surface area contributed by atoms with Crippen molar-refractivity contribution in [3.05, 3.63) is 102 Å². The third-order valence-corrected chi connectivity index (χ3v) is 5.06. The molecule has 0 aliphatic carbocycles. The number of hydrogen-bond acceptors (Lipinski definition) is 4. The molecule has 0 fully saturated rings. The van der Waals surface area contributed by atoms with Crippen LogP contribution in [-0.4, -0.2) is 11.9 Å². The fourth-order valence-electron chi connectivity index (χ4n) is 2.94. The number of fused-ring (bicyclic) bond motifs is 1. The summed E-state index contributed by atoms with van der Waals surface area (Å²) in [6.45, 7) is 0. The summed E-state index contributed by atoms with van der Waals surface area (Å²) in [5, 5.41) is 3.09. The molecule has 3 aromatic carbocycles. The van der Waals surface area contributed by atoms with E-state index in [0.29, 0.717) is 5.58 Å². The van der Waals surface area contributed by atoms with Gasteiger partial charge in [0.05, 0.1) is 0 Å². The number of nitrogens with one attached hydrogen (secondary N) is 2. The molecule has 6 heteroatoms. The SMILES string of the molecule is O=C(NSc1cccc(Cc2ccccc2)c1)NC(=O)c1cc2ccccc2o1. The third kappa shape index (κ3) is 4.86. The summed E-state index contributed by atoms with van der Waals surface area (Å²) < 4.78 is 8.10. The van der Waals surface area contributed by atoms with E-state index in [2.05, 4.69) is 22.2 Å². The predicted octanol–water partition coefficient (Wildman–Crippen LogP) is 5.17. The number of furan rings is 1. The number of hydrogen-bond donors (Lipinski definition) is 2. The molecule has 4 aromatic rings. The van der Waals surface area contributed by atoms with Crippen molar-refractivity contribution < 1.29 is 14.0 Å². The summed E-state index contributed by atoms with van der Waals surface area (Å²) >= 11 is 1.15. The van der Waals surface area contributed by atoms with Crippen LogP contribution >= 0.6 is 11.9 Å². The first-order valence-electron chi connectivity index (χ1n) is 9.07. The Morgan fingerprint density at radius 2 is 1.59 bits per heavy atom. The average molecular weight is 402 g/mol. The van der Waals surface area contributed by atoms with Crippen LogP contribution in [0.1, 0.15) is 21.7 Å². The van der Waals surface area contributed by atoms with Crippen molar-refractivity contribution in [1.82, 2.24) is 10.0 Å². The van der Waals surface area contributed by atoms with Crippen LogP contribution in [0.4, 0.5) is 4.79 Å². The summed E-state index contributed by atoms with van der Waals surface area (Å²) in [5.74, 6) is -0.492. The summed E-state index contributed by atoms with van der Waals surface area (Å²) in [6.07, 6.45) is 0.811. The van der Waals surface area contributed by atoms with Gasteiger partial charge in [-0.3, -0.25) is 14.8 Å². The first-order chi connectivity index (χ1) is 14.2. The van der Waals surface area contributed by atoms with E-state index in [-0.39, 0.29) is 5.76 Å². The molecule has 1 aromatic heterocycles. The zero-order valence-corrected chi connectivity index (χ0v) is 16.2. The molecule has 144 valence electrons. The Hall–Kier alpha value is -3.51. The van der Waals surface area contributed by atoms with Gasteiger partial charge in [0.25, 0.3) is 5.91 Å². The minimum atomic E-state index is -0.603. The van der Waals surface area contributed by atoms with Crippen LogP contribution in [0, 0.1) is 0 Å². The fourth-order valence-corrected chi connectivity index (χ4v) is 3.56. The molecule has 1 heterocycles. The fraction of sp³-hybridized carbons (Fsp3) is 0.0435. The highest BCUT2D eigenvalue weighted by atomic mass is 32.2. The third-order valence-electron chi connectivity index (χ3n) is 4.29. The lowest BCUT2D eigenvalue weighted by molar-refractivity contribution is 0.0940. The molecule has 3 amide bonds. The molecule has 0 saturated carbocycles. The van der Waals surface area contributed by atoms with Crippen LogP contribution < -0.4 is 10.0 Å². The Morgan fingerprint density at radius 1 is 0.828 bits per heavy atom. The second-order valence-electron chi connectivity index (χ2n) is 6.45.